The first kappa shape index (κ1) is 16.7. The number of carbonyl (C=O) groups excluding carboxylic acids is 1. The average molecular weight is 359 g/mol. The van der Waals surface area contributed by atoms with E-state index < -0.39 is 0 Å². The lowest BCUT2D eigenvalue weighted by molar-refractivity contribution is -0.115. The number of amides is 1. The molecule has 0 saturated carbocycles. The van der Waals surface area contributed by atoms with Gasteiger partial charge in [0.2, 0.25) is 5.91 Å². The monoisotopic (exact) mass is 359 g/mol. The number of thioether (sulfide) groups is 1. The lowest BCUT2D eigenvalue weighted by Gasteiger charge is -2.14. The van der Waals surface area contributed by atoms with Crippen LogP contribution in [0.5, 0.6) is 5.75 Å². The van der Waals surface area contributed by atoms with Gasteiger partial charge in [-0.25, -0.2) is 9.97 Å². The number of rotatable bonds is 5. The fourth-order valence-corrected chi connectivity index (χ4v) is 4.06. The molecule has 1 aromatic carbocycles. The summed E-state index contributed by atoms with van der Waals surface area (Å²) >= 11 is 3.01. The van der Waals surface area contributed by atoms with Gasteiger partial charge in [-0.15, -0.1) is 11.3 Å². The van der Waals surface area contributed by atoms with Crippen molar-refractivity contribution in [1.82, 2.24) is 9.97 Å². The number of aryl methyl sites for hydroxylation is 1. The average Bonchev–Trinajstić information content (AvgIpc) is 3.04. The van der Waals surface area contributed by atoms with Gasteiger partial charge >= 0.3 is 0 Å². The molecule has 5 nitrogen and oxygen atoms in total. The normalized spacial score (nSPS) is 12.1. The van der Waals surface area contributed by atoms with Crippen molar-refractivity contribution >= 4 is 44.9 Å². The van der Waals surface area contributed by atoms with E-state index >= 15 is 0 Å². The molecule has 1 atom stereocenters. The number of nitrogens with one attached hydrogen (secondary N) is 1. The fraction of sp³-hybridized carbons (Fsp3) is 0.235. The summed E-state index contributed by atoms with van der Waals surface area (Å²) in [4.78, 5) is 21.1. The van der Waals surface area contributed by atoms with Crippen LogP contribution in [-0.2, 0) is 4.79 Å². The molecule has 7 heteroatoms. The molecule has 24 heavy (non-hydrogen) atoms. The van der Waals surface area contributed by atoms with Crippen molar-refractivity contribution in [3.05, 3.63) is 41.5 Å². The van der Waals surface area contributed by atoms with Gasteiger partial charge in [-0.2, -0.15) is 0 Å². The summed E-state index contributed by atoms with van der Waals surface area (Å²) in [6, 6.07) is 7.65. The summed E-state index contributed by atoms with van der Waals surface area (Å²) in [5, 5.41) is 5.45. The van der Waals surface area contributed by atoms with Crippen LogP contribution in [0, 0.1) is 6.92 Å². The minimum atomic E-state index is -0.296. The van der Waals surface area contributed by atoms with Crippen molar-refractivity contribution in [2.45, 2.75) is 24.1 Å². The molecule has 0 aliphatic heterocycles. The highest BCUT2D eigenvalue weighted by atomic mass is 32.2. The predicted octanol–water partition coefficient (Wildman–Crippen LogP) is 4.13. The summed E-state index contributed by atoms with van der Waals surface area (Å²) in [6.07, 6.45) is 1.53. The Balaban J connectivity index is 1.76. The van der Waals surface area contributed by atoms with Gasteiger partial charge in [-0.3, -0.25) is 4.79 Å². The molecule has 1 unspecified atom stereocenters. The number of aromatic nitrogens is 2. The van der Waals surface area contributed by atoms with Crippen LogP contribution in [0.4, 0.5) is 5.69 Å². The lowest BCUT2D eigenvalue weighted by atomic mass is 10.2. The van der Waals surface area contributed by atoms with Gasteiger partial charge in [0.15, 0.2) is 0 Å². The minimum Gasteiger partial charge on any atom is -0.495 e. The Hall–Kier alpha value is -2.12. The Kier molecular flexibility index (Phi) is 5.01. The quantitative estimate of drug-likeness (QED) is 0.548. The number of methoxy groups -OCH3 is 1. The third-order valence-electron chi connectivity index (χ3n) is 3.48. The van der Waals surface area contributed by atoms with Crippen LogP contribution in [0.2, 0.25) is 0 Å². The van der Waals surface area contributed by atoms with Gasteiger partial charge in [0.25, 0.3) is 0 Å². The molecule has 3 rings (SSSR count). The summed E-state index contributed by atoms with van der Waals surface area (Å²) in [5.41, 5.74) is 2.65. The topological polar surface area (TPSA) is 64.1 Å². The van der Waals surface area contributed by atoms with Gasteiger partial charge in [0.05, 0.1) is 28.3 Å². The van der Waals surface area contributed by atoms with Crippen molar-refractivity contribution < 1.29 is 9.53 Å². The lowest BCUT2D eigenvalue weighted by Crippen LogP contribution is -2.22. The van der Waals surface area contributed by atoms with Crippen molar-refractivity contribution in [3.63, 3.8) is 0 Å². The maximum absolute atomic E-state index is 12.5. The summed E-state index contributed by atoms with van der Waals surface area (Å²) in [6.45, 7) is 3.84. The minimum absolute atomic E-state index is 0.0905. The van der Waals surface area contributed by atoms with Gasteiger partial charge in [0.1, 0.15) is 17.1 Å². The third-order valence-corrected chi connectivity index (χ3v) is 5.62. The highest BCUT2D eigenvalue weighted by Crippen LogP contribution is 2.32. The second-order valence-corrected chi connectivity index (χ2v) is 7.51. The summed E-state index contributed by atoms with van der Waals surface area (Å²) in [7, 11) is 1.59. The number of nitrogens with zero attached hydrogens (tertiary/aromatic N) is 2. The molecule has 1 amide bonds. The van der Waals surface area contributed by atoms with E-state index in [-0.39, 0.29) is 11.2 Å². The van der Waals surface area contributed by atoms with E-state index in [1.807, 2.05) is 43.5 Å². The van der Waals surface area contributed by atoms with Crippen LogP contribution in [0.25, 0.3) is 10.2 Å². The number of carbonyl (C=O) groups is 1. The smallest absolute Gasteiger partial charge is 0.237 e. The predicted molar refractivity (Wildman–Crippen MR) is 99.1 cm³/mol. The molecule has 3 aromatic rings. The second-order valence-electron chi connectivity index (χ2n) is 5.27. The molecule has 2 heterocycles. The molecule has 2 aromatic heterocycles. The molecule has 0 bridgehead atoms. The van der Waals surface area contributed by atoms with E-state index in [1.165, 1.54) is 18.1 Å². The second kappa shape index (κ2) is 7.19. The highest BCUT2D eigenvalue weighted by molar-refractivity contribution is 8.00. The number of hydrogen-bond donors (Lipinski definition) is 1. The van der Waals surface area contributed by atoms with Crippen molar-refractivity contribution in [3.8, 4) is 5.75 Å². The van der Waals surface area contributed by atoms with Crippen LogP contribution in [-0.4, -0.2) is 28.2 Å². The molecule has 0 spiro atoms. The van der Waals surface area contributed by atoms with E-state index in [4.69, 9.17) is 4.74 Å². The number of thiophene rings is 1. The van der Waals surface area contributed by atoms with Gasteiger partial charge in [0, 0.05) is 0 Å². The summed E-state index contributed by atoms with van der Waals surface area (Å²) < 4.78 is 6.32. The Morgan fingerprint density at radius 2 is 2.17 bits per heavy atom. The van der Waals surface area contributed by atoms with Gasteiger partial charge in [-0.1, -0.05) is 17.8 Å². The molecule has 0 aliphatic rings. The van der Waals surface area contributed by atoms with Crippen molar-refractivity contribution in [1.29, 1.82) is 0 Å². The molecule has 0 fully saturated rings. The van der Waals surface area contributed by atoms with E-state index in [9.17, 15) is 4.79 Å². The Morgan fingerprint density at radius 3 is 2.96 bits per heavy atom. The number of benzene rings is 1. The first-order valence-corrected chi connectivity index (χ1v) is 9.15. The third kappa shape index (κ3) is 3.52. The number of ether oxygens (including phenoxy) is 1. The molecular weight excluding hydrogens is 342 g/mol. The van der Waals surface area contributed by atoms with Crippen LogP contribution in [0.15, 0.2) is 41.0 Å². The zero-order chi connectivity index (χ0) is 17.1. The summed E-state index contributed by atoms with van der Waals surface area (Å²) in [5.74, 6) is 0.557. The largest absolute Gasteiger partial charge is 0.495 e. The van der Waals surface area contributed by atoms with E-state index in [0.717, 1.165) is 20.8 Å². The molecule has 1 N–H and O–H groups in total. The Morgan fingerprint density at radius 1 is 1.33 bits per heavy atom. The van der Waals surface area contributed by atoms with Gasteiger partial charge < -0.3 is 10.1 Å². The number of hydrogen-bond acceptors (Lipinski definition) is 6. The van der Waals surface area contributed by atoms with Crippen LogP contribution < -0.4 is 10.1 Å². The van der Waals surface area contributed by atoms with Crippen LogP contribution >= 0.6 is 23.1 Å². The molecule has 124 valence electrons. The Labute approximate surface area is 148 Å². The Bertz CT molecular complexity index is 879. The first-order chi connectivity index (χ1) is 11.6. The fourth-order valence-electron chi connectivity index (χ4n) is 2.23. The van der Waals surface area contributed by atoms with Crippen molar-refractivity contribution in [2.24, 2.45) is 0 Å². The molecule has 0 radical (unpaired) electrons. The highest BCUT2D eigenvalue weighted by Gasteiger charge is 2.19. The van der Waals surface area contributed by atoms with Crippen molar-refractivity contribution in [2.75, 3.05) is 12.4 Å². The van der Waals surface area contributed by atoms with E-state index in [1.54, 1.807) is 18.4 Å². The SMILES string of the molecule is COc1ccc(C)cc1NC(=O)C(C)Sc1ncnc2ccsc12. The van der Waals surface area contributed by atoms with E-state index in [2.05, 4.69) is 15.3 Å². The van der Waals surface area contributed by atoms with E-state index in [0.29, 0.717) is 11.4 Å². The van der Waals surface area contributed by atoms with Crippen LogP contribution in [0.3, 0.4) is 0 Å². The first-order valence-electron chi connectivity index (χ1n) is 7.39. The zero-order valence-corrected chi connectivity index (χ0v) is 15.2. The number of fused-ring (bicyclic) bond motifs is 1. The zero-order valence-electron chi connectivity index (χ0n) is 13.6. The van der Waals surface area contributed by atoms with Gasteiger partial charge in [-0.05, 0) is 43.0 Å². The molecular formula is C17H17N3O2S2. The standard InChI is InChI=1S/C17H17N3O2S2/c1-10-4-5-14(22-3)13(8-10)20-16(21)11(2)24-17-15-12(6-7-23-15)18-9-19-17/h4-9,11H,1-3H3,(H,20,21). The maximum Gasteiger partial charge on any atom is 0.237 e. The number of anilines is 1. The van der Waals surface area contributed by atoms with Crippen LogP contribution in [0.1, 0.15) is 12.5 Å². The molecule has 0 saturated heterocycles. The molecule has 0 aliphatic carbocycles. The maximum atomic E-state index is 12.5.